The Balaban J connectivity index is 1.26. The second-order valence-electron chi connectivity index (χ2n) is 18.7. The average Bonchev–Trinajstić information content (AvgIpc) is 3.99. The zero-order valence-corrected chi connectivity index (χ0v) is 39.4. The van der Waals surface area contributed by atoms with Crippen LogP contribution in [0.3, 0.4) is 0 Å². The van der Waals surface area contributed by atoms with E-state index in [-0.39, 0.29) is 43.4 Å². The molecule has 0 unspecified atom stereocenters. The predicted octanol–water partition coefficient (Wildman–Crippen LogP) is 5.54. The molecule has 344 valence electrons. The third-order valence-electron chi connectivity index (χ3n) is 13.0. The quantitative estimate of drug-likeness (QED) is 0.213. The van der Waals surface area contributed by atoms with E-state index in [1.807, 2.05) is 45.2 Å². The number of thiazole rings is 1. The van der Waals surface area contributed by atoms with E-state index in [1.165, 1.54) is 33.3 Å². The van der Waals surface area contributed by atoms with Crippen molar-refractivity contribution in [3.8, 4) is 22.5 Å². The van der Waals surface area contributed by atoms with Gasteiger partial charge in [0.15, 0.2) is 0 Å². The fourth-order valence-corrected chi connectivity index (χ4v) is 10.4. The first-order chi connectivity index (χ1) is 30.4. The summed E-state index contributed by atoms with van der Waals surface area (Å²) in [4.78, 5) is 82.0. The van der Waals surface area contributed by atoms with E-state index in [0.717, 1.165) is 44.7 Å². The van der Waals surface area contributed by atoms with Crippen LogP contribution < -0.4 is 10.7 Å². The van der Waals surface area contributed by atoms with Crippen LogP contribution in [0.15, 0.2) is 41.9 Å². The summed E-state index contributed by atoms with van der Waals surface area (Å²) in [5.41, 5.74) is 9.10. The van der Waals surface area contributed by atoms with Crippen molar-refractivity contribution in [2.45, 2.75) is 91.5 Å². The first kappa shape index (κ1) is 46.6. The fourth-order valence-electron chi connectivity index (χ4n) is 9.52. The van der Waals surface area contributed by atoms with Crippen LogP contribution in [0.25, 0.3) is 33.4 Å². The number of likely N-dealkylation sites (N-methyl/N-ethyl adjacent to an activating group) is 1. The lowest BCUT2D eigenvalue weighted by Gasteiger charge is -2.37. The van der Waals surface area contributed by atoms with Gasteiger partial charge in [-0.3, -0.25) is 29.2 Å². The highest BCUT2D eigenvalue weighted by molar-refractivity contribution is 7.10. The summed E-state index contributed by atoms with van der Waals surface area (Å²) in [7, 11) is 6.63. The number of carbonyl (C=O) groups excluding carboxylic acids is 5. The second kappa shape index (κ2) is 19.0. The Kier molecular flexibility index (Phi) is 13.8. The number of methoxy groups -OCH3 is 2. The number of rotatable bonds is 8. The number of pyridine rings is 1. The van der Waals surface area contributed by atoms with Crippen molar-refractivity contribution in [2.24, 2.45) is 30.2 Å². The first-order valence-electron chi connectivity index (χ1n) is 22.1. The number of amides is 4. The summed E-state index contributed by atoms with van der Waals surface area (Å²) in [6, 6.07) is 7.47. The van der Waals surface area contributed by atoms with Gasteiger partial charge in [0.25, 0.3) is 5.91 Å². The lowest BCUT2D eigenvalue weighted by atomic mass is 9.84. The molecule has 0 aliphatic carbocycles. The van der Waals surface area contributed by atoms with Crippen LogP contribution in [0.1, 0.15) is 76.8 Å². The minimum Gasteiger partial charge on any atom is -0.464 e. The Morgan fingerprint density at radius 1 is 1.11 bits per heavy atom. The molecule has 3 aliphatic rings. The molecular weight excluding hydrogens is 837 g/mol. The SMILES string of the molecule is COC(=O)N1C[C@H](C)[C@H](C(=O)N(C)[C@H](C(=O)N[C@H]2Cc3nc(cs3)-c3ccc4c(c3)c(c(-c3cccnc3[C@H](C)OC)n4C)CC(C)(C)COC(=O)[C@@H]3CCCN(N3)C2=O)C(C)C)C1. The monoisotopic (exact) mass is 898 g/mol. The smallest absolute Gasteiger partial charge is 0.409 e. The number of benzene rings is 1. The van der Waals surface area contributed by atoms with E-state index in [4.69, 9.17) is 24.2 Å². The van der Waals surface area contributed by atoms with Crippen molar-refractivity contribution < 1.29 is 38.2 Å². The van der Waals surface area contributed by atoms with Crippen LogP contribution in [-0.4, -0.2) is 125 Å². The number of likely N-dealkylation sites (tertiary alicyclic amines) is 1. The molecule has 6 heterocycles. The molecule has 2 fully saturated rings. The van der Waals surface area contributed by atoms with Gasteiger partial charge in [-0.2, -0.15) is 0 Å². The van der Waals surface area contributed by atoms with Crippen molar-refractivity contribution in [2.75, 3.05) is 47.5 Å². The maximum atomic E-state index is 14.6. The summed E-state index contributed by atoms with van der Waals surface area (Å²) in [5, 5.41) is 8.04. The van der Waals surface area contributed by atoms with E-state index >= 15 is 0 Å². The molecule has 6 bridgehead atoms. The van der Waals surface area contributed by atoms with Crippen molar-refractivity contribution in [3.05, 3.63) is 58.2 Å². The number of fused-ring (bicyclic) bond motifs is 6. The van der Waals surface area contributed by atoms with E-state index in [9.17, 15) is 24.0 Å². The molecule has 3 aliphatic heterocycles. The number of aryl methyl sites for hydroxylation is 1. The Labute approximate surface area is 379 Å². The maximum absolute atomic E-state index is 14.6. The van der Waals surface area contributed by atoms with Crippen LogP contribution in [0.2, 0.25) is 0 Å². The fraction of sp³-hybridized carbons (Fsp3) is 0.553. The molecule has 4 amide bonds. The van der Waals surface area contributed by atoms with E-state index in [1.54, 1.807) is 20.4 Å². The molecule has 0 saturated carbocycles. The highest BCUT2D eigenvalue weighted by atomic mass is 32.1. The van der Waals surface area contributed by atoms with Crippen LogP contribution in [0.5, 0.6) is 0 Å². The molecular formula is C47H62N8O8S. The Hall–Kier alpha value is -5.39. The number of nitrogens with zero attached hydrogens (tertiary/aromatic N) is 6. The van der Waals surface area contributed by atoms with Crippen molar-refractivity contribution in [1.29, 1.82) is 0 Å². The van der Waals surface area contributed by atoms with Gasteiger partial charge in [-0.1, -0.05) is 40.7 Å². The number of ether oxygens (including phenoxy) is 3. The van der Waals surface area contributed by atoms with Gasteiger partial charge in [0.1, 0.15) is 18.1 Å². The van der Waals surface area contributed by atoms with E-state index < -0.39 is 53.3 Å². The number of carbonyl (C=O) groups is 5. The van der Waals surface area contributed by atoms with Gasteiger partial charge in [-0.25, -0.2) is 15.2 Å². The molecule has 6 atom stereocenters. The molecule has 0 radical (unpaired) electrons. The zero-order valence-electron chi connectivity index (χ0n) is 38.6. The number of hydrazine groups is 1. The highest BCUT2D eigenvalue weighted by Crippen LogP contribution is 2.41. The molecule has 3 aromatic heterocycles. The van der Waals surface area contributed by atoms with Crippen molar-refractivity contribution in [1.82, 2.24) is 40.1 Å². The third-order valence-corrected chi connectivity index (χ3v) is 13.9. The summed E-state index contributed by atoms with van der Waals surface area (Å²) in [6.45, 7) is 12.7. The van der Waals surface area contributed by atoms with Crippen LogP contribution >= 0.6 is 11.3 Å². The minimum atomic E-state index is -1.09. The Morgan fingerprint density at radius 3 is 2.59 bits per heavy atom. The Bertz CT molecular complexity index is 2410. The van der Waals surface area contributed by atoms with Crippen LogP contribution in [0, 0.1) is 23.2 Å². The summed E-state index contributed by atoms with van der Waals surface area (Å²) in [6.07, 6.45) is 2.64. The number of esters is 1. The molecule has 17 heteroatoms. The van der Waals surface area contributed by atoms with Gasteiger partial charge in [-0.15, -0.1) is 11.3 Å². The van der Waals surface area contributed by atoms with Gasteiger partial charge < -0.3 is 33.9 Å². The van der Waals surface area contributed by atoms with Crippen LogP contribution in [-0.2, 0) is 53.3 Å². The van der Waals surface area contributed by atoms with E-state index in [2.05, 4.69) is 54.4 Å². The second-order valence-corrected chi connectivity index (χ2v) is 19.6. The number of nitrogens with one attached hydrogen (secondary N) is 2. The largest absolute Gasteiger partial charge is 0.464 e. The first-order valence-corrected chi connectivity index (χ1v) is 23.0. The maximum Gasteiger partial charge on any atom is 0.409 e. The number of hydrogen-bond acceptors (Lipinski definition) is 12. The standard InChI is InChI=1S/C47H62N8O8S/c1-26(2)40(53(8)43(57)33-23-54(22-27(33)3)46(60)62-10)42(56)50-35-20-38-49-36(24-64-38)29-15-16-37-31(19-29)32(41(52(37)7)30-13-11-17-48-39(30)28(4)61-9)21-47(5,6)25-63-45(59)34-14-12-18-55(51-34)44(35)58/h11,13,15-17,19,24,26-28,33-35,40,51H,12,14,18,20-23,25H2,1-10H3,(H,50,56)/t27-,28-,33+,34-,35-,40-/m0/s1. The average molecular weight is 899 g/mol. The molecule has 1 aromatic carbocycles. The highest BCUT2D eigenvalue weighted by Gasteiger charge is 2.43. The summed E-state index contributed by atoms with van der Waals surface area (Å²) >= 11 is 1.40. The molecule has 2 saturated heterocycles. The molecule has 16 nitrogen and oxygen atoms in total. The van der Waals surface area contributed by atoms with Gasteiger partial charge >= 0.3 is 12.1 Å². The number of cyclic esters (lactones) is 1. The molecule has 0 spiro atoms. The molecule has 64 heavy (non-hydrogen) atoms. The minimum absolute atomic E-state index is 0.0669. The Morgan fingerprint density at radius 2 is 1.88 bits per heavy atom. The number of hydrogen-bond donors (Lipinski definition) is 2. The lowest BCUT2D eigenvalue weighted by molar-refractivity contribution is -0.155. The van der Waals surface area contributed by atoms with Gasteiger partial charge in [-0.05, 0) is 67.9 Å². The van der Waals surface area contributed by atoms with Gasteiger partial charge in [0.2, 0.25) is 11.8 Å². The van der Waals surface area contributed by atoms with Gasteiger partial charge in [0, 0.05) is 86.3 Å². The predicted molar refractivity (Wildman–Crippen MR) is 243 cm³/mol. The topological polar surface area (TPSA) is 178 Å². The normalized spacial score (nSPS) is 22.5. The van der Waals surface area contributed by atoms with Crippen LogP contribution in [0.4, 0.5) is 4.79 Å². The zero-order chi connectivity index (χ0) is 46.2. The summed E-state index contributed by atoms with van der Waals surface area (Å²) in [5.74, 6) is -2.68. The molecule has 4 aromatic rings. The lowest BCUT2D eigenvalue weighted by Crippen LogP contribution is -2.62. The molecule has 2 N–H and O–H groups in total. The van der Waals surface area contributed by atoms with Crippen molar-refractivity contribution >= 4 is 52.0 Å². The van der Waals surface area contributed by atoms with E-state index in [0.29, 0.717) is 37.4 Å². The third kappa shape index (κ3) is 9.38. The number of aromatic nitrogens is 3. The molecule has 7 rings (SSSR count). The van der Waals surface area contributed by atoms with Gasteiger partial charge in [0.05, 0.1) is 47.8 Å². The summed E-state index contributed by atoms with van der Waals surface area (Å²) < 4.78 is 18.9. The van der Waals surface area contributed by atoms with Crippen molar-refractivity contribution in [3.63, 3.8) is 0 Å².